The molecule has 2 amide bonds. The second-order valence-electron chi connectivity index (χ2n) is 4.54. The number of likely N-dealkylation sites (N-methyl/N-ethyl adjacent to an activating group) is 1. The van der Waals surface area contributed by atoms with Crippen LogP contribution in [0.2, 0.25) is 0 Å². The molecule has 1 aliphatic heterocycles. The zero-order chi connectivity index (χ0) is 13.8. The van der Waals surface area contributed by atoms with Gasteiger partial charge in [-0.05, 0) is 13.0 Å². The smallest absolute Gasteiger partial charge is 0.242 e. The second kappa shape index (κ2) is 5.69. The lowest BCUT2D eigenvalue weighted by Crippen LogP contribution is -2.51. The van der Waals surface area contributed by atoms with E-state index in [1.807, 2.05) is 19.1 Å². The molecule has 6 nitrogen and oxygen atoms in total. The molecular formula is C13H18N4O2. The summed E-state index contributed by atoms with van der Waals surface area (Å²) >= 11 is 0. The van der Waals surface area contributed by atoms with Crippen molar-refractivity contribution < 1.29 is 9.59 Å². The van der Waals surface area contributed by atoms with Crippen LogP contribution in [0, 0.1) is 0 Å². The van der Waals surface area contributed by atoms with Crippen LogP contribution < -0.4 is 5.32 Å². The fraction of sp³-hybridized carbons (Fsp3) is 0.462. The number of hydrogen-bond donors (Lipinski definition) is 1. The van der Waals surface area contributed by atoms with Gasteiger partial charge in [-0.1, -0.05) is 6.07 Å². The summed E-state index contributed by atoms with van der Waals surface area (Å²) in [5.74, 6) is 0.700. The van der Waals surface area contributed by atoms with Gasteiger partial charge in [0.25, 0.3) is 0 Å². The maximum Gasteiger partial charge on any atom is 0.242 e. The number of anilines is 1. The first kappa shape index (κ1) is 13.3. The molecule has 0 bridgehead atoms. The molecule has 19 heavy (non-hydrogen) atoms. The van der Waals surface area contributed by atoms with Gasteiger partial charge in [0.05, 0.1) is 6.54 Å². The van der Waals surface area contributed by atoms with E-state index >= 15 is 0 Å². The number of aromatic nitrogens is 1. The lowest BCUT2D eigenvalue weighted by molar-refractivity contribution is -0.149. The van der Waals surface area contributed by atoms with E-state index in [4.69, 9.17) is 0 Å². The Bertz CT molecular complexity index is 489. The van der Waals surface area contributed by atoms with Gasteiger partial charge >= 0.3 is 0 Å². The molecular weight excluding hydrogens is 244 g/mol. The molecule has 1 N–H and O–H groups in total. The van der Waals surface area contributed by atoms with E-state index in [0.717, 1.165) is 17.9 Å². The molecule has 2 heterocycles. The average Bonchev–Trinajstić information content (AvgIpc) is 2.38. The number of nitrogens with zero attached hydrogens (tertiary/aromatic N) is 3. The molecule has 1 fully saturated rings. The highest BCUT2D eigenvalue weighted by Gasteiger charge is 2.27. The highest BCUT2D eigenvalue weighted by molar-refractivity contribution is 5.92. The standard InChI is InChI=1S/C13H18N4O2/c1-3-14-13-10(5-4-6-15-13)7-17-9-11(18)16(2)8-12(17)19/h4-6H,3,7-9H2,1-2H3,(H,14,15). The Kier molecular flexibility index (Phi) is 3.99. The van der Waals surface area contributed by atoms with Gasteiger partial charge in [-0.3, -0.25) is 9.59 Å². The number of hydrogen-bond acceptors (Lipinski definition) is 4. The molecule has 1 saturated heterocycles. The van der Waals surface area contributed by atoms with Crippen LogP contribution in [0.15, 0.2) is 18.3 Å². The Hall–Kier alpha value is -2.11. The molecule has 102 valence electrons. The predicted octanol–water partition coefficient (Wildman–Crippen LogP) is 0.314. The summed E-state index contributed by atoms with van der Waals surface area (Å²) < 4.78 is 0. The maximum atomic E-state index is 11.9. The number of pyridine rings is 1. The summed E-state index contributed by atoms with van der Waals surface area (Å²) in [5.41, 5.74) is 0.926. The molecule has 0 radical (unpaired) electrons. The van der Waals surface area contributed by atoms with Crippen molar-refractivity contribution >= 4 is 17.6 Å². The van der Waals surface area contributed by atoms with Crippen LogP contribution in [0.1, 0.15) is 12.5 Å². The van der Waals surface area contributed by atoms with Crippen LogP contribution in [-0.2, 0) is 16.1 Å². The zero-order valence-electron chi connectivity index (χ0n) is 11.2. The lowest BCUT2D eigenvalue weighted by Gasteiger charge is -2.31. The van der Waals surface area contributed by atoms with Crippen molar-refractivity contribution in [2.75, 3.05) is 32.0 Å². The SMILES string of the molecule is CCNc1ncccc1CN1CC(=O)N(C)CC1=O. The second-order valence-corrected chi connectivity index (χ2v) is 4.54. The molecule has 0 spiro atoms. The van der Waals surface area contributed by atoms with E-state index in [2.05, 4.69) is 10.3 Å². The summed E-state index contributed by atoms with van der Waals surface area (Å²) in [4.78, 5) is 30.8. The highest BCUT2D eigenvalue weighted by Crippen LogP contribution is 2.15. The fourth-order valence-corrected chi connectivity index (χ4v) is 2.01. The normalized spacial score (nSPS) is 15.9. The van der Waals surface area contributed by atoms with E-state index in [0.29, 0.717) is 6.54 Å². The van der Waals surface area contributed by atoms with Gasteiger partial charge in [0, 0.05) is 31.9 Å². The summed E-state index contributed by atoms with van der Waals surface area (Å²) in [5, 5.41) is 3.16. The molecule has 0 atom stereocenters. The van der Waals surface area contributed by atoms with E-state index < -0.39 is 0 Å². The molecule has 0 aliphatic carbocycles. The van der Waals surface area contributed by atoms with Crippen molar-refractivity contribution in [3.63, 3.8) is 0 Å². The fourth-order valence-electron chi connectivity index (χ4n) is 2.01. The Morgan fingerprint density at radius 1 is 1.32 bits per heavy atom. The summed E-state index contributed by atoms with van der Waals surface area (Å²) in [6.45, 7) is 3.45. The molecule has 0 aromatic carbocycles. The minimum Gasteiger partial charge on any atom is -0.370 e. The zero-order valence-corrected chi connectivity index (χ0v) is 11.2. The van der Waals surface area contributed by atoms with Gasteiger partial charge in [-0.2, -0.15) is 0 Å². The van der Waals surface area contributed by atoms with Crippen LogP contribution >= 0.6 is 0 Å². The molecule has 0 unspecified atom stereocenters. The lowest BCUT2D eigenvalue weighted by atomic mass is 10.2. The largest absolute Gasteiger partial charge is 0.370 e. The quantitative estimate of drug-likeness (QED) is 0.848. The van der Waals surface area contributed by atoms with E-state index in [1.54, 1.807) is 18.1 Å². The van der Waals surface area contributed by atoms with Crippen LogP contribution in [-0.4, -0.2) is 53.3 Å². The Morgan fingerprint density at radius 3 is 2.84 bits per heavy atom. The number of carbonyl (C=O) groups is 2. The van der Waals surface area contributed by atoms with Gasteiger partial charge in [0.15, 0.2) is 0 Å². The van der Waals surface area contributed by atoms with Crippen molar-refractivity contribution in [2.24, 2.45) is 0 Å². The number of amides is 2. The number of piperazine rings is 1. The minimum atomic E-state index is -0.0339. The number of rotatable bonds is 4. The molecule has 0 saturated carbocycles. The molecule has 6 heteroatoms. The van der Waals surface area contributed by atoms with Crippen LogP contribution in [0.5, 0.6) is 0 Å². The van der Waals surface area contributed by atoms with Crippen molar-refractivity contribution in [3.8, 4) is 0 Å². The van der Waals surface area contributed by atoms with Crippen LogP contribution in [0.3, 0.4) is 0 Å². The minimum absolute atomic E-state index is 0.0338. The van der Waals surface area contributed by atoms with Crippen molar-refractivity contribution in [1.82, 2.24) is 14.8 Å². The Labute approximate surface area is 112 Å². The Balaban J connectivity index is 2.12. The predicted molar refractivity (Wildman–Crippen MR) is 71.5 cm³/mol. The first-order valence-electron chi connectivity index (χ1n) is 6.31. The average molecular weight is 262 g/mol. The van der Waals surface area contributed by atoms with Crippen LogP contribution in [0.25, 0.3) is 0 Å². The topological polar surface area (TPSA) is 65.5 Å². The van der Waals surface area contributed by atoms with Crippen molar-refractivity contribution in [3.05, 3.63) is 23.9 Å². The third kappa shape index (κ3) is 3.01. The number of nitrogens with one attached hydrogen (secondary N) is 1. The summed E-state index contributed by atoms with van der Waals surface area (Å²) in [7, 11) is 1.64. The van der Waals surface area contributed by atoms with Gasteiger partial charge in [-0.15, -0.1) is 0 Å². The van der Waals surface area contributed by atoms with Crippen LogP contribution in [0.4, 0.5) is 5.82 Å². The molecule has 2 rings (SSSR count). The summed E-state index contributed by atoms with van der Waals surface area (Å²) in [6, 6.07) is 3.75. The maximum absolute atomic E-state index is 11.9. The molecule has 1 aliphatic rings. The van der Waals surface area contributed by atoms with Crippen molar-refractivity contribution in [2.45, 2.75) is 13.5 Å². The summed E-state index contributed by atoms with van der Waals surface area (Å²) in [6.07, 6.45) is 1.71. The van der Waals surface area contributed by atoms with E-state index in [9.17, 15) is 9.59 Å². The molecule has 1 aromatic rings. The van der Waals surface area contributed by atoms with E-state index in [1.165, 1.54) is 4.90 Å². The van der Waals surface area contributed by atoms with Gasteiger partial charge in [-0.25, -0.2) is 4.98 Å². The van der Waals surface area contributed by atoms with Gasteiger partial charge in [0.2, 0.25) is 11.8 Å². The first-order valence-corrected chi connectivity index (χ1v) is 6.31. The Morgan fingerprint density at radius 2 is 2.11 bits per heavy atom. The third-order valence-electron chi connectivity index (χ3n) is 3.07. The van der Waals surface area contributed by atoms with E-state index in [-0.39, 0.29) is 24.9 Å². The monoisotopic (exact) mass is 262 g/mol. The first-order chi connectivity index (χ1) is 9.11. The number of carbonyl (C=O) groups excluding carboxylic acids is 2. The van der Waals surface area contributed by atoms with Gasteiger partial charge in [0.1, 0.15) is 12.4 Å². The van der Waals surface area contributed by atoms with Gasteiger partial charge < -0.3 is 15.1 Å². The van der Waals surface area contributed by atoms with Crippen molar-refractivity contribution in [1.29, 1.82) is 0 Å². The molecule has 1 aromatic heterocycles. The highest BCUT2D eigenvalue weighted by atomic mass is 16.2. The third-order valence-corrected chi connectivity index (χ3v) is 3.07.